The van der Waals surface area contributed by atoms with Gasteiger partial charge in [0.2, 0.25) is 10.0 Å². The molecule has 0 fully saturated rings. The zero-order valence-corrected chi connectivity index (χ0v) is 16.1. The third-order valence-electron chi connectivity index (χ3n) is 4.38. The van der Waals surface area contributed by atoms with Gasteiger partial charge in [0.25, 0.3) is 0 Å². The van der Waals surface area contributed by atoms with Crippen molar-refractivity contribution in [2.75, 3.05) is 0 Å². The van der Waals surface area contributed by atoms with E-state index in [1.165, 1.54) is 6.07 Å². The molecule has 3 rings (SSSR count). The summed E-state index contributed by atoms with van der Waals surface area (Å²) in [6, 6.07) is 11.9. The monoisotopic (exact) mass is 387 g/mol. The number of halogens is 1. The molecule has 0 amide bonds. The van der Waals surface area contributed by atoms with Gasteiger partial charge in [-0.2, -0.15) is 4.72 Å². The highest BCUT2D eigenvalue weighted by Crippen LogP contribution is 2.25. The van der Waals surface area contributed by atoms with Crippen LogP contribution in [0.1, 0.15) is 36.3 Å². The van der Waals surface area contributed by atoms with Crippen LogP contribution >= 0.6 is 0 Å². The van der Waals surface area contributed by atoms with Gasteiger partial charge in [-0.1, -0.05) is 43.7 Å². The molecule has 142 valence electrons. The molecule has 1 atom stereocenters. The Balaban J connectivity index is 1.99. The van der Waals surface area contributed by atoms with Gasteiger partial charge in [0, 0.05) is 25.0 Å². The SMILES string of the molecule is CCCc1ccc(S(=O)(=O)NC(c2ccccc2F)c2nccn2C)cc1. The van der Waals surface area contributed by atoms with Crippen molar-refractivity contribution in [3.8, 4) is 0 Å². The molecule has 1 aromatic heterocycles. The second-order valence-electron chi connectivity index (χ2n) is 6.37. The van der Waals surface area contributed by atoms with E-state index in [4.69, 9.17) is 0 Å². The predicted molar refractivity (Wildman–Crippen MR) is 102 cm³/mol. The fourth-order valence-electron chi connectivity index (χ4n) is 2.97. The molecule has 1 unspecified atom stereocenters. The molecule has 0 aliphatic rings. The summed E-state index contributed by atoms with van der Waals surface area (Å²) in [4.78, 5) is 4.36. The van der Waals surface area contributed by atoms with Gasteiger partial charge in [-0.15, -0.1) is 0 Å². The van der Waals surface area contributed by atoms with E-state index in [9.17, 15) is 12.8 Å². The van der Waals surface area contributed by atoms with Gasteiger partial charge in [-0.3, -0.25) is 0 Å². The van der Waals surface area contributed by atoms with Crippen LogP contribution in [0, 0.1) is 5.82 Å². The van der Waals surface area contributed by atoms with Crippen LogP contribution in [0.25, 0.3) is 0 Å². The minimum Gasteiger partial charge on any atom is -0.336 e. The first-order valence-electron chi connectivity index (χ1n) is 8.75. The molecule has 2 aromatic carbocycles. The van der Waals surface area contributed by atoms with E-state index in [1.54, 1.807) is 66.5 Å². The molecule has 1 N–H and O–H groups in total. The average Bonchev–Trinajstić information content (AvgIpc) is 3.07. The molecular formula is C20H22FN3O2S. The molecule has 1 heterocycles. The number of hydrogen-bond acceptors (Lipinski definition) is 3. The quantitative estimate of drug-likeness (QED) is 0.674. The first kappa shape index (κ1) is 19.3. The number of nitrogens with zero attached hydrogens (tertiary/aromatic N) is 2. The van der Waals surface area contributed by atoms with Crippen molar-refractivity contribution >= 4 is 10.0 Å². The van der Waals surface area contributed by atoms with Gasteiger partial charge in [0.1, 0.15) is 17.7 Å². The van der Waals surface area contributed by atoms with E-state index < -0.39 is 21.9 Å². The standard InChI is InChI=1S/C20H22FN3O2S/c1-3-6-15-9-11-16(12-10-15)27(25,26)23-19(20-22-13-14-24(20)2)17-7-4-5-8-18(17)21/h4-5,7-14,19,23H,3,6H2,1-2H3. The Morgan fingerprint density at radius 3 is 2.44 bits per heavy atom. The van der Waals surface area contributed by atoms with E-state index in [0.29, 0.717) is 5.82 Å². The first-order chi connectivity index (χ1) is 12.9. The minimum absolute atomic E-state index is 0.137. The predicted octanol–water partition coefficient (Wildman–Crippen LogP) is 3.58. The molecule has 0 saturated carbocycles. The lowest BCUT2D eigenvalue weighted by Crippen LogP contribution is -2.31. The van der Waals surface area contributed by atoms with Crippen LogP contribution in [0.2, 0.25) is 0 Å². The third kappa shape index (κ3) is 4.26. The van der Waals surface area contributed by atoms with Crippen molar-refractivity contribution in [3.05, 3.63) is 83.7 Å². The van der Waals surface area contributed by atoms with Gasteiger partial charge >= 0.3 is 0 Å². The van der Waals surface area contributed by atoms with Gasteiger partial charge in [-0.25, -0.2) is 17.8 Å². The molecule has 0 saturated heterocycles. The van der Waals surface area contributed by atoms with Crippen LogP contribution in [-0.2, 0) is 23.5 Å². The molecule has 0 radical (unpaired) electrons. The number of benzene rings is 2. The van der Waals surface area contributed by atoms with Gasteiger partial charge in [0.15, 0.2) is 0 Å². The molecule has 0 bridgehead atoms. The normalized spacial score (nSPS) is 12.9. The smallest absolute Gasteiger partial charge is 0.241 e. The fraction of sp³-hybridized carbons (Fsp3) is 0.250. The summed E-state index contributed by atoms with van der Waals surface area (Å²) in [6.45, 7) is 2.07. The zero-order chi connectivity index (χ0) is 19.4. The lowest BCUT2D eigenvalue weighted by atomic mass is 10.1. The maximum Gasteiger partial charge on any atom is 0.241 e. The van der Waals surface area contributed by atoms with E-state index >= 15 is 0 Å². The number of hydrogen-bond donors (Lipinski definition) is 1. The Morgan fingerprint density at radius 2 is 1.85 bits per heavy atom. The van der Waals surface area contributed by atoms with Crippen LogP contribution in [0.3, 0.4) is 0 Å². The van der Waals surface area contributed by atoms with Crippen LogP contribution in [0.4, 0.5) is 4.39 Å². The van der Waals surface area contributed by atoms with Crippen LogP contribution in [0.15, 0.2) is 65.8 Å². The number of sulfonamides is 1. The lowest BCUT2D eigenvalue weighted by molar-refractivity contribution is 0.545. The number of imidazole rings is 1. The summed E-state index contributed by atoms with van der Waals surface area (Å²) < 4.78 is 44.6. The van der Waals surface area contributed by atoms with Gasteiger partial charge in [-0.05, 0) is 30.2 Å². The van der Waals surface area contributed by atoms with Crippen molar-refractivity contribution in [2.45, 2.75) is 30.7 Å². The van der Waals surface area contributed by atoms with Crippen molar-refractivity contribution in [1.82, 2.24) is 14.3 Å². The van der Waals surface area contributed by atoms with Crippen molar-refractivity contribution in [2.24, 2.45) is 7.05 Å². The average molecular weight is 387 g/mol. The second-order valence-corrected chi connectivity index (χ2v) is 8.08. The second kappa shape index (κ2) is 8.02. The zero-order valence-electron chi connectivity index (χ0n) is 15.3. The van der Waals surface area contributed by atoms with Crippen LogP contribution in [0.5, 0.6) is 0 Å². The highest BCUT2D eigenvalue weighted by molar-refractivity contribution is 7.89. The van der Waals surface area contributed by atoms with Crippen molar-refractivity contribution in [3.63, 3.8) is 0 Å². The summed E-state index contributed by atoms with van der Waals surface area (Å²) >= 11 is 0. The molecule has 27 heavy (non-hydrogen) atoms. The number of aryl methyl sites for hydroxylation is 2. The van der Waals surface area contributed by atoms with Crippen molar-refractivity contribution in [1.29, 1.82) is 0 Å². The summed E-state index contributed by atoms with van der Waals surface area (Å²) in [6.07, 6.45) is 5.12. The summed E-state index contributed by atoms with van der Waals surface area (Å²) in [5, 5.41) is 0. The number of nitrogens with one attached hydrogen (secondary N) is 1. The van der Waals surface area contributed by atoms with E-state index in [1.807, 2.05) is 0 Å². The highest BCUT2D eigenvalue weighted by atomic mass is 32.2. The fourth-order valence-corrected chi connectivity index (χ4v) is 4.14. The Bertz CT molecular complexity index is 1010. The first-order valence-corrected chi connectivity index (χ1v) is 10.2. The Labute approximate surface area is 158 Å². The van der Waals surface area contributed by atoms with E-state index in [0.717, 1.165) is 18.4 Å². The highest BCUT2D eigenvalue weighted by Gasteiger charge is 2.27. The Kier molecular flexibility index (Phi) is 5.72. The maximum atomic E-state index is 14.4. The van der Waals surface area contributed by atoms with Gasteiger partial charge < -0.3 is 4.57 Å². The Hall–Kier alpha value is -2.51. The molecule has 0 aliphatic heterocycles. The minimum atomic E-state index is -3.87. The molecule has 7 heteroatoms. The number of aromatic nitrogens is 2. The molecule has 3 aromatic rings. The lowest BCUT2D eigenvalue weighted by Gasteiger charge is -2.20. The third-order valence-corrected chi connectivity index (χ3v) is 5.82. The maximum absolute atomic E-state index is 14.4. The molecular weight excluding hydrogens is 365 g/mol. The van der Waals surface area contributed by atoms with E-state index in [-0.39, 0.29) is 10.5 Å². The molecule has 0 aliphatic carbocycles. The topological polar surface area (TPSA) is 64.0 Å². The summed E-state index contributed by atoms with van der Waals surface area (Å²) in [5.41, 5.74) is 1.30. The van der Waals surface area contributed by atoms with Crippen LogP contribution in [-0.4, -0.2) is 18.0 Å². The van der Waals surface area contributed by atoms with E-state index in [2.05, 4.69) is 16.6 Å². The molecule has 5 nitrogen and oxygen atoms in total. The van der Waals surface area contributed by atoms with Gasteiger partial charge in [0.05, 0.1) is 4.90 Å². The number of rotatable bonds is 7. The summed E-state index contributed by atoms with van der Waals surface area (Å²) in [7, 11) is -2.13. The Morgan fingerprint density at radius 1 is 1.15 bits per heavy atom. The van der Waals surface area contributed by atoms with Crippen molar-refractivity contribution < 1.29 is 12.8 Å². The molecule has 0 spiro atoms. The van der Waals surface area contributed by atoms with Crippen LogP contribution < -0.4 is 4.72 Å². The largest absolute Gasteiger partial charge is 0.336 e. The summed E-state index contributed by atoms with van der Waals surface area (Å²) in [5.74, 6) is -0.0854.